The molecule has 3 nitrogen and oxygen atoms in total. The van der Waals surface area contributed by atoms with E-state index < -0.39 is 6.29 Å². The minimum absolute atomic E-state index is 0.285. The van der Waals surface area contributed by atoms with Gasteiger partial charge >= 0.3 is 0 Å². The van der Waals surface area contributed by atoms with Crippen LogP contribution in [0.3, 0.4) is 0 Å². The lowest BCUT2D eigenvalue weighted by Gasteiger charge is -2.29. The van der Waals surface area contributed by atoms with E-state index in [1.165, 1.54) is 0 Å². The van der Waals surface area contributed by atoms with Crippen molar-refractivity contribution in [1.29, 1.82) is 0 Å². The van der Waals surface area contributed by atoms with E-state index in [-0.39, 0.29) is 5.38 Å². The van der Waals surface area contributed by atoms with Crippen LogP contribution in [0.5, 0.6) is 0 Å². The Morgan fingerprint density at radius 3 is 2.85 bits per heavy atom. The van der Waals surface area contributed by atoms with Crippen molar-refractivity contribution in [1.82, 2.24) is 4.90 Å². The second-order valence-electron chi connectivity index (χ2n) is 3.66. The molecule has 1 heterocycles. The lowest BCUT2D eigenvalue weighted by molar-refractivity contribution is -0.0476. The highest BCUT2D eigenvalue weighted by Gasteiger charge is 2.16. The van der Waals surface area contributed by atoms with Crippen LogP contribution in [0.25, 0.3) is 0 Å². The number of rotatable bonds is 4. The summed E-state index contributed by atoms with van der Waals surface area (Å²) in [5, 5.41) is 17.6. The summed E-state index contributed by atoms with van der Waals surface area (Å²) in [6, 6.07) is 0. The number of hydrogen-bond donors (Lipinski definition) is 2. The van der Waals surface area contributed by atoms with E-state index in [4.69, 9.17) is 21.8 Å². The monoisotopic (exact) mass is 207 g/mol. The molecule has 0 radical (unpaired) electrons. The molecule has 1 saturated heterocycles. The first kappa shape index (κ1) is 11.2. The molecule has 1 rings (SSSR count). The summed E-state index contributed by atoms with van der Waals surface area (Å²) in [6.07, 6.45) is 2.41. The summed E-state index contributed by atoms with van der Waals surface area (Å²) in [4.78, 5) is 2.30. The fraction of sp³-hybridized carbons (Fsp3) is 1.00. The van der Waals surface area contributed by atoms with E-state index in [1.54, 1.807) is 0 Å². The van der Waals surface area contributed by atoms with Crippen molar-refractivity contribution in [2.24, 2.45) is 0 Å². The first-order valence-electron chi connectivity index (χ1n) is 4.91. The number of halogens is 1. The van der Waals surface area contributed by atoms with Crippen molar-refractivity contribution < 1.29 is 10.2 Å². The highest BCUT2D eigenvalue weighted by Crippen LogP contribution is 2.15. The number of alkyl halides is 1. The second kappa shape index (κ2) is 5.81. The average Bonchev–Trinajstić information content (AvgIpc) is 2.03. The first-order chi connectivity index (χ1) is 6.18. The van der Waals surface area contributed by atoms with Crippen LogP contribution in [0.15, 0.2) is 0 Å². The normalized spacial score (nSPS) is 25.4. The van der Waals surface area contributed by atoms with Crippen LogP contribution >= 0.6 is 11.6 Å². The van der Waals surface area contributed by atoms with E-state index in [9.17, 15) is 0 Å². The third-order valence-electron chi connectivity index (χ3n) is 2.38. The molecule has 1 atom stereocenters. The quantitative estimate of drug-likeness (QED) is 0.529. The highest BCUT2D eigenvalue weighted by atomic mass is 35.5. The van der Waals surface area contributed by atoms with E-state index in [0.29, 0.717) is 6.42 Å². The molecule has 78 valence electrons. The molecule has 0 aliphatic carbocycles. The molecule has 13 heavy (non-hydrogen) atoms. The molecular weight excluding hydrogens is 190 g/mol. The number of likely N-dealkylation sites (tertiary alicyclic amines) is 1. The summed E-state index contributed by atoms with van der Waals surface area (Å²) in [5.41, 5.74) is 0. The van der Waals surface area contributed by atoms with Gasteiger partial charge in [0.05, 0.1) is 0 Å². The van der Waals surface area contributed by atoms with Gasteiger partial charge in [0, 0.05) is 11.9 Å². The maximum atomic E-state index is 8.64. The zero-order valence-corrected chi connectivity index (χ0v) is 8.58. The second-order valence-corrected chi connectivity index (χ2v) is 4.28. The van der Waals surface area contributed by atoms with Crippen molar-refractivity contribution in [3.05, 3.63) is 0 Å². The van der Waals surface area contributed by atoms with Gasteiger partial charge in [0.2, 0.25) is 0 Å². The van der Waals surface area contributed by atoms with E-state index in [0.717, 1.165) is 38.9 Å². The standard InChI is InChI=1S/C9H18ClNO2/c10-8-3-1-5-11(7-8)6-2-4-9(12)13/h8-9,12-13H,1-7H2. The fourth-order valence-corrected chi connectivity index (χ4v) is 2.05. The maximum absolute atomic E-state index is 8.64. The molecule has 0 aromatic heterocycles. The van der Waals surface area contributed by atoms with Crippen LogP contribution in [0.4, 0.5) is 0 Å². The van der Waals surface area contributed by atoms with Gasteiger partial charge in [-0.2, -0.15) is 0 Å². The van der Waals surface area contributed by atoms with Crippen LogP contribution < -0.4 is 0 Å². The minimum atomic E-state index is -1.16. The third kappa shape index (κ3) is 4.81. The number of aliphatic hydroxyl groups excluding tert-OH is 1. The molecule has 1 unspecified atom stereocenters. The first-order valence-corrected chi connectivity index (χ1v) is 5.34. The smallest absolute Gasteiger partial charge is 0.151 e. The van der Waals surface area contributed by atoms with E-state index in [2.05, 4.69) is 4.90 Å². The van der Waals surface area contributed by atoms with Gasteiger partial charge in [-0.15, -0.1) is 11.6 Å². The molecule has 0 spiro atoms. The number of nitrogens with zero attached hydrogens (tertiary/aromatic N) is 1. The Bertz CT molecular complexity index is 144. The van der Waals surface area contributed by atoms with Gasteiger partial charge in [-0.3, -0.25) is 0 Å². The lowest BCUT2D eigenvalue weighted by Crippen LogP contribution is -2.36. The Morgan fingerprint density at radius 1 is 1.46 bits per heavy atom. The Balaban J connectivity index is 2.06. The van der Waals surface area contributed by atoms with Crippen LogP contribution in [0.1, 0.15) is 25.7 Å². The van der Waals surface area contributed by atoms with Crippen LogP contribution in [-0.4, -0.2) is 46.4 Å². The Morgan fingerprint density at radius 2 is 2.23 bits per heavy atom. The Kier molecular flexibility index (Phi) is 5.02. The van der Waals surface area contributed by atoms with Crippen molar-refractivity contribution in [2.45, 2.75) is 37.4 Å². The molecule has 0 saturated carbocycles. The molecule has 1 fully saturated rings. The largest absolute Gasteiger partial charge is 0.368 e. The summed E-state index contributed by atoms with van der Waals surface area (Å²) < 4.78 is 0. The molecule has 0 amide bonds. The molecule has 0 aromatic carbocycles. The molecule has 2 N–H and O–H groups in total. The SMILES string of the molecule is OC(O)CCCN1CCCC(Cl)C1. The van der Waals surface area contributed by atoms with Crippen molar-refractivity contribution in [3.63, 3.8) is 0 Å². The van der Waals surface area contributed by atoms with Crippen LogP contribution in [0, 0.1) is 0 Å². The molecule has 1 aliphatic rings. The summed E-state index contributed by atoms with van der Waals surface area (Å²) in [6.45, 7) is 2.98. The topological polar surface area (TPSA) is 43.7 Å². The molecule has 0 bridgehead atoms. The predicted octanol–water partition coefficient (Wildman–Crippen LogP) is 0.780. The zero-order chi connectivity index (χ0) is 9.68. The molecule has 0 aromatic rings. The lowest BCUT2D eigenvalue weighted by atomic mass is 10.1. The Labute approximate surface area is 84.3 Å². The van der Waals surface area contributed by atoms with Gasteiger partial charge in [0.25, 0.3) is 0 Å². The van der Waals surface area contributed by atoms with Gasteiger partial charge in [-0.1, -0.05) is 0 Å². The van der Waals surface area contributed by atoms with Gasteiger partial charge in [-0.25, -0.2) is 0 Å². The van der Waals surface area contributed by atoms with Gasteiger partial charge < -0.3 is 15.1 Å². The van der Waals surface area contributed by atoms with Crippen molar-refractivity contribution in [2.75, 3.05) is 19.6 Å². The Hall–Kier alpha value is 0.170. The molecule has 4 heteroatoms. The fourth-order valence-electron chi connectivity index (χ4n) is 1.70. The number of piperidine rings is 1. The maximum Gasteiger partial charge on any atom is 0.151 e. The summed E-state index contributed by atoms with van der Waals surface area (Å²) >= 11 is 6.01. The van der Waals surface area contributed by atoms with Crippen molar-refractivity contribution in [3.8, 4) is 0 Å². The summed E-state index contributed by atoms with van der Waals surface area (Å²) in [5.74, 6) is 0. The van der Waals surface area contributed by atoms with Gasteiger partial charge in [0.15, 0.2) is 6.29 Å². The van der Waals surface area contributed by atoms with E-state index in [1.807, 2.05) is 0 Å². The number of hydrogen-bond acceptors (Lipinski definition) is 3. The highest BCUT2D eigenvalue weighted by molar-refractivity contribution is 6.20. The minimum Gasteiger partial charge on any atom is -0.368 e. The summed E-state index contributed by atoms with van der Waals surface area (Å²) in [7, 11) is 0. The predicted molar refractivity (Wildman–Crippen MR) is 52.8 cm³/mol. The zero-order valence-electron chi connectivity index (χ0n) is 7.82. The van der Waals surface area contributed by atoms with E-state index >= 15 is 0 Å². The van der Waals surface area contributed by atoms with Crippen LogP contribution in [-0.2, 0) is 0 Å². The van der Waals surface area contributed by atoms with Gasteiger partial charge in [-0.05, 0) is 38.8 Å². The van der Waals surface area contributed by atoms with Crippen LogP contribution in [0.2, 0.25) is 0 Å². The molecule has 1 aliphatic heterocycles. The number of aliphatic hydroxyl groups is 2. The van der Waals surface area contributed by atoms with Crippen molar-refractivity contribution >= 4 is 11.6 Å². The van der Waals surface area contributed by atoms with Gasteiger partial charge in [0.1, 0.15) is 0 Å². The third-order valence-corrected chi connectivity index (χ3v) is 2.74. The average molecular weight is 208 g/mol. The molecular formula is C9H18ClNO2.